The van der Waals surface area contributed by atoms with Crippen LogP contribution in [0.1, 0.15) is 0 Å². The Morgan fingerprint density at radius 2 is 1.75 bits per heavy atom. The first kappa shape index (κ1) is 14.1. The molecule has 2 N–H and O–H groups in total. The van der Waals surface area contributed by atoms with E-state index in [4.69, 9.17) is 10.3 Å². The summed E-state index contributed by atoms with van der Waals surface area (Å²) < 4.78 is 20.4. The highest BCUT2D eigenvalue weighted by atomic mass is 19.1. The van der Waals surface area contributed by atoms with E-state index in [0.29, 0.717) is 0 Å². The van der Waals surface area contributed by atoms with Crippen molar-refractivity contribution in [1.29, 1.82) is 0 Å². The maximum absolute atomic E-state index is 13.8. The Bertz CT molecular complexity index is 995. The minimum absolute atomic E-state index is 0.0768. The summed E-state index contributed by atoms with van der Waals surface area (Å²) in [6, 6.07) is 15.5. The molecular formula is C16H11FN6O. The molecule has 0 aliphatic carbocycles. The fourth-order valence-electron chi connectivity index (χ4n) is 2.27. The molecule has 4 aromatic rings. The van der Waals surface area contributed by atoms with E-state index in [1.54, 1.807) is 18.2 Å². The quantitative estimate of drug-likeness (QED) is 0.623. The SMILES string of the molecule is Nc1c(-c2nc(-c3ccccc3F)no2)nnn1-c1ccccc1. The van der Waals surface area contributed by atoms with Crippen LogP contribution in [0.3, 0.4) is 0 Å². The monoisotopic (exact) mass is 322 g/mol. The molecule has 0 atom stereocenters. The molecule has 2 heterocycles. The predicted octanol–water partition coefficient (Wildman–Crippen LogP) is 2.71. The van der Waals surface area contributed by atoms with Gasteiger partial charge in [-0.15, -0.1) is 5.10 Å². The van der Waals surface area contributed by atoms with Crippen molar-refractivity contribution in [3.8, 4) is 28.7 Å². The number of aromatic nitrogens is 5. The molecule has 2 aromatic heterocycles. The third kappa shape index (κ3) is 2.30. The van der Waals surface area contributed by atoms with Crippen molar-refractivity contribution in [2.75, 3.05) is 5.73 Å². The summed E-state index contributed by atoms with van der Waals surface area (Å²) in [4.78, 5) is 4.17. The largest absolute Gasteiger partial charge is 0.382 e. The molecule has 0 radical (unpaired) electrons. The lowest BCUT2D eigenvalue weighted by Crippen LogP contribution is -2.01. The van der Waals surface area contributed by atoms with Crippen LogP contribution < -0.4 is 5.73 Å². The van der Waals surface area contributed by atoms with Gasteiger partial charge >= 0.3 is 0 Å². The van der Waals surface area contributed by atoms with E-state index in [2.05, 4.69) is 20.5 Å². The summed E-state index contributed by atoms with van der Waals surface area (Å²) >= 11 is 0. The molecule has 0 fully saturated rings. The minimum Gasteiger partial charge on any atom is -0.382 e. The van der Waals surface area contributed by atoms with Gasteiger partial charge in [0.2, 0.25) is 5.82 Å². The van der Waals surface area contributed by atoms with Gasteiger partial charge in [0.25, 0.3) is 5.89 Å². The molecule has 2 aromatic carbocycles. The van der Waals surface area contributed by atoms with Crippen LogP contribution in [0.2, 0.25) is 0 Å². The highest BCUT2D eigenvalue weighted by molar-refractivity contribution is 5.66. The third-order valence-electron chi connectivity index (χ3n) is 3.45. The molecule has 0 saturated heterocycles. The molecule has 24 heavy (non-hydrogen) atoms. The van der Waals surface area contributed by atoms with Crippen LogP contribution in [-0.2, 0) is 0 Å². The van der Waals surface area contributed by atoms with Gasteiger partial charge < -0.3 is 10.3 Å². The maximum atomic E-state index is 13.8. The summed E-state index contributed by atoms with van der Waals surface area (Å²) in [7, 11) is 0. The zero-order chi connectivity index (χ0) is 16.5. The Labute approximate surface area is 135 Å². The van der Waals surface area contributed by atoms with Gasteiger partial charge in [-0.2, -0.15) is 9.67 Å². The zero-order valence-corrected chi connectivity index (χ0v) is 12.3. The Hall–Kier alpha value is -3.55. The molecule has 0 bridgehead atoms. The molecule has 118 valence electrons. The van der Waals surface area contributed by atoms with Crippen LogP contribution in [0.15, 0.2) is 59.1 Å². The van der Waals surface area contributed by atoms with Crippen molar-refractivity contribution in [3.63, 3.8) is 0 Å². The van der Waals surface area contributed by atoms with Gasteiger partial charge in [0.15, 0.2) is 11.5 Å². The lowest BCUT2D eigenvalue weighted by Gasteiger charge is -2.01. The van der Waals surface area contributed by atoms with Crippen molar-refractivity contribution in [3.05, 3.63) is 60.4 Å². The second kappa shape index (κ2) is 5.58. The van der Waals surface area contributed by atoms with Crippen LogP contribution in [0.4, 0.5) is 10.2 Å². The number of para-hydroxylation sites is 1. The number of anilines is 1. The number of nitrogens with two attached hydrogens (primary N) is 1. The van der Waals surface area contributed by atoms with E-state index in [0.717, 1.165) is 5.69 Å². The van der Waals surface area contributed by atoms with Crippen LogP contribution in [0.25, 0.3) is 28.7 Å². The van der Waals surface area contributed by atoms with Crippen LogP contribution in [-0.4, -0.2) is 25.1 Å². The summed E-state index contributed by atoms with van der Waals surface area (Å²) in [5.41, 5.74) is 7.32. The van der Waals surface area contributed by atoms with Gasteiger partial charge in [-0.3, -0.25) is 0 Å². The zero-order valence-electron chi connectivity index (χ0n) is 12.3. The molecular weight excluding hydrogens is 311 g/mol. The number of rotatable bonds is 3. The Balaban J connectivity index is 1.74. The third-order valence-corrected chi connectivity index (χ3v) is 3.45. The number of nitrogen functional groups attached to an aromatic ring is 1. The molecule has 0 unspecified atom stereocenters. The minimum atomic E-state index is -0.439. The summed E-state index contributed by atoms with van der Waals surface area (Å²) in [5.74, 6) is 0.0143. The standard InChI is InChI=1S/C16H11FN6O/c17-12-9-5-4-8-11(12)15-19-16(24-21-15)13-14(18)23(22-20-13)10-6-2-1-3-7-10/h1-9H,18H2. The van der Waals surface area contributed by atoms with Crippen molar-refractivity contribution >= 4 is 5.82 Å². The van der Waals surface area contributed by atoms with Crippen molar-refractivity contribution < 1.29 is 8.91 Å². The molecule has 0 spiro atoms. The second-order valence-electron chi connectivity index (χ2n) is 4.97. The first-order chi connectivity index (χ1) is 11.7. The predicted molar refractivity (Wildman–Crippen MR) is 84.5 cm³/mol. The highest BCUT2D eigenvalue weighted by Gasteiger charge is 2.20. The summed E-state index contributed by atoms with van der Waals surface area (Å²) in [5, 5.41) is 11.8. The van der Waals surface area contributed by atoms with E-state index in [1.807, 2.05) is 30.3 Å². The maximum Gasteiger partial charge on any atom is 0.282 e. The van der Waals surface area contributed by atoms with Crippen LogP contribution in [0, 0.1) is 5.82 Å². The molecule has 7 nitrogen and oxygen atoms in total. The normalized spacial score (nSPS) is 10.9. The van der Waals surface area contributed by atoms with E-state index in [-0.39, 0.29) is 28.8 Å². The molecule has 4 rings (SSSR count). The fraction of sp³-hybridized carbons (Fsp3) is 0. The van der Waals surface area contributed by atoms with Crippen molar-refractivity contribution in [2.24, 2.45) is 0 Å². The van der Waals surface area contributed by atoms with Gasteiger partial charge in [0.05, 0.1) is 11.3 Å². The van der Waals surface area contributed by atoms with Gasteiger partial charge in [-0.1, -0.05) is 40.7 Å². The Kier molecular flexibility index (Phi) is 3.27. The number of halogens is 1. The van der Waals surface area contributed by atoms with E-state index in [9.17, 15) is 4.39 Å². The van der Waals surface area contributed by atoms with Crippen molar-refractivity contribution in [1.82, 2.24) is 25.1 Å². The Morgan fingerprint density at radius 3 is 2.54 bits per heavy atom. The van der Waals surface area contributed by atoms with Gasteiger partial charge in [-0.25, -0.2) is 4.39 Å². The van der Waals surface area contributed by atoms with Gasteiger partial charge in [0, 0.05) is 0 Å². The van der Waals surface area contributed by atoms with Crippen molar-refractivity contribution in [2.45, 2.75) is 0 Å². The smallest absolute Gasteiger partial charge is 0.282 e. The number of benzene rings is 2. The van der Waals surface area contributed by atoms with E-state index < -0.39 is 5.82 Å². The van der Waals surface area contributed by atoms with Crippen LogP contribution in [0.5, 0.6) is 0 Å². The molecule has 0 saturated carbocycles. The molecule has 0 amide bonds. The average molecular weight is 322 g/mol. The first-order valence-electron chi connectivity index (χ1n) is 7.09. The van der Waals surface area contributed by atoms with Crippen LogP contribution >= 0.6 is 0 Å². The molecule has 0 aliphatic heterocycles. The first-order valence-corrected chi connectivity index (χ1v) is 7.09. The van der Waals surface area contributed by atoms with E-state index in [1.165, 1.54) is 10.7 Å². The topological polar surface area (TPSA) is 95.7 Å². The lowest BCUT2D eigenvalue weighted by molar-refractivity contribution is 0.430. The number of hydrogen-bond acceptors (Lipinski definition) is 6. The number of nitrogens with zero attached hydrogens (tertiary/aromatic N) is 5. The van der Waals surface area contributed by atoms with Gasteiger partial charge in [0.1, 0.15) is 5.82 Å². The molecule has 0 aliphatic rings. The average Bonchev–Trinajstić information content (AvgIpc) is 3.23. The fourth-order valence-corrected chi connectivity index (χ4v) is 2.27. The highest BCUT2D eigenvalue weighted by Crippen LogP contribution is 2.27. The number of hydrogen-bond donors (Lipinski definition) is 1. The molecule has 8 heteroatoms. The van der Waals surface area contributed by atoms with E-state index >= 15 is 0 Å². The summed E-state index contributed by atoms with van der Waals surface area (Å²) in [6.45, 7) is 0. The second-order valence-corrected chi connectivity index (χ2v) is 4.97. The van der Waals surface area contributed by atoms with Gasteiger partial charge in [-0.05, 0) is 24.3 Å². The lowest BCUT2D eigenvalue weighted by atomic mass is 10.2. The Morgan fingerprint density at radius 1 is 1.00 bits per heavy atom. The summed E-state index contributed by atoms with van der Waals surface area (Å²) in [6.07, 6.45) is 0.